The van der Waals surface area contributed by atoms with Crippen molar-refractivity contribution >= 4 is 109 Å². The Morgan fingerprint density at radius 2 is 0.534 bits per heavy atom. The van der Waals surface area contributed by atoms with Crippen molar-refractivity contribution in [2.45, 2.75) is 0 Å². The Balaban J connectivity index is 1.16. The zero-order chi connectivity index (χ0) is 48.6. The van der Waals surface area contributed by atoms with Crippen molar-refractivity contribution in [3.63, 3.8) is 0 Å². The van der Waals surface area contributed by atoms with E-state index < -0.39 is 0 Å². The van der Waals surface area contributed by atoms with Crippen LogP contribution >= 0.6 is 0 Å². The molecule has 0 radical (unpaired) electrons. The van der Waals surface area contributed by atoms with Crippen LogP contribution in [0, 0.1) is 45.3 Å². The maximum Gasteiger partial charge on any atom is 0.159 e. The first-order chi connectivity index (χ1) is 36.0. The van der Waals surface area contributed by atoms with Crippen molar-refractivity contribution in [2.24, 2.45) is 0 Å². The monoisotopic (exact) mass is 928 g/mol. The Morgan fingerprint density at radius 3 is 0.849 bits per heavy atom. The van der Waals surface area contributed by atoms with Crippen LogP contribution in [0.25, 0.3) is 132 Å². The van der Waals surface area contributed by atoms with Gasteiger partial charge in [0.05, 0.1) is 102 Å². The number of nitrogens with zero attached hydrogens (tertiary/aromatic N) is 8. The highest BCUT2D eigenvalue weighted by Gasteiger charge is 2.26. The minimum atomic E-state index is 0.569. The highest BCUT2D eigenvalue weighted by atomic mass is 16.3. The molecule has 0 fully saturated rings. The summed E-state index contributed by atoms with van der Waals surface area (Å²) in [5.41, 5.74) is 14.6. The van der Waals surface area contributed by atoms with Gasteiger partial charge < -0.3 is 22.7 Å². The van der Waals surface area contributed by atoms with Gasteiger partial charge in [-0.25, -0.2) is 0 Å². The summed E-state index contributed by atoms with van der Waals surface area (Å²) in [7, 11) is 0. The minimum Gasteiger partial charge on any atom is -0.452 e. The van der Waals surface area contributed by atoms with E-state index in [1.165, 1.54) is 0 Å². The first-order valence-electron chi connectivity index (χ1n) is 23.8. The highest BCUT2D eigenvalue weighted by molar-refractivity contribution is 6.18. The molecule has 0 saturated carbocycles. The molecule has 0 bridgehead atoms. The van der Waals surface area contributed by atoms with Crippen LogP contribution in [-0.2, 0) is 0 Å². The van der Waals surface area contributed by atoms with E-state index in [1.54, 1.807) is 0 Å². The average Bonchev–Trinajstić information content (AvgIpc) is 4.25. The molecule has 73 heavy (non-hydrogen) atoms. The topological polar surface area (TPSA) is 128 Å². The Hall–Kier alpha value is -10.8. The van der Waals surface area contributed by atoms with E-state index in [2.05, 4.69) is 115 Å². The van der Waals surface area contributed by atoms with Crippen molar-refractivity contribution in [1.82, 2.24) is 18.3 Å². The highest BCUT2D eigenvalue weighted by Crippen LogP contribution is 2.46. The lowest BCUT2D eigenvalue weighted by atomic mass is 10.1. The normalized spacial score (nSPS) is 11.8. The summed E-state index contributed by atoms with van der Waals surface area (Å²) in [4.78, 5) is 0. The number of furan rings is 1. The maximum absolute atomic E-state index is 10.1. The molecule has 0 saturated heterocycles. The largest absolute Gasteiger partial charge is 0.452 e. The van der Waals surface area contributed by atoms with Crippen molar-refractivity contribution in [3.05, 3.63) is 216 Å². The van der Waals surface area contributed by atoms with E-state index in [1.807, 2.05) is 121 Å². The molecule has 0 amide bonds. The fraction of sp³-hybridized carbons (Fsp3) is 0. The molecule has 9 heteroatoms. The third-order valence-corrected chi connectivity index (χ3v) is 14.8. The number of para-hydroxylation sites is 4. The van der Waals surface area contributed by atoms with Crippen molar-refractivity contribution in [1.29, 1.82) is 21.0 Å². The molecule has 5 aromatic heterocycles. The molecule has 9 nitrogen and oxygen atoms in total. The Kier molecular flexibility index (Phi) is 8.15. The van der Waals surface area contributed by atoms with Gasteiger partial charge in [0.25, 0.3) is 0 Å². The van der Waals surface area contributed by atoms with E-state index in [9.17, 15) is 21.0 Å². The molecule has 0 aliphatic heterocycles. The lowest BCUT2D eigenvalue weighted by Gasteiger charge is -2.14. The van der Waals surface area contributed by atoms with Gasteiger partial charge in [-0.2, -0.15) is 21.0 Å². The smallest absolute Gasteiger partial charge is 0.159 e. The number of benzene rings is 10. The van der Waals surface area contributed by atoms with Crippen LogP contribution < -0.4 is 0 Å². The molecular weight excluding hydrogens is 897 g/mol. The Bertz CT molecular complexity index is 4840. The van der Waals surface area contributed by atoms with Gasteiger partial charge in [0.2, 0.25) is 0 Å². The lowest BCUT2D eigenvalue weighted by molar-refractivity contribution is 0.663. The second-order valence-electron chi connectivity index (χ2n) is 18.6. The first-order valence-corrected chi connectivity index (χ1v) is 23.8. The summed E-state index contributed by atoms with van der Waals surface area (Å²) in [5.74, 6) is 0. The van der Waals surface area contributed by atoms with Crippen LogP contribution in [0.5, 0.6) is 0 Å². The van der Waals surface area contributed by atoms with Crippen LogP contribution in [0.2, 0.25) is 0 Å². The summed E-state index contributed by atoms with van der Waals surface area (Å²) < 4.78 is 16.6. The van der Waals surface area contributed by atoms with E-state index in [0.29, 0.717) is 33.4 Å². The molecule has 0 N–H and O–H groups in total. The van der Waals surface area contributed by atoms with Crippen LogP contribution in [0.4, 0.5) is 0 Å². The second kappa shape index (κ2) is 14.8. The molecule has 15 aromatic rings. The number of hydrogen-bond donors (Lipinski definition) is 0. The minimum absolute atomic E-state index is 0.569. The number of hydrogen-bond acceptors (Lipinski definition) is 5. The molecule has 0 aliphatic carbocycles. The molecular formula is C64H32N8O. The molecule has 10 aromatic carbocycles. The third kappa shape index (κ3) is 5.51. The number of aromatic nitrogens is 4. The summed E-state index contributed by atoms with van der Waals surface area (Å²) in [5, 5.41) is 50.0. The van der Waals surface area contributed by atoms with Crippen LogP contribution in [0.1, 0.15) is 22.3 Å². The molecule has 5 heterocycles. The predicted octanol–water partition coefficient (Wildman–Crippen LogP) is 15.5. The molecule has 0 spiro atoms. The predicted molar refractivity (Wildman–Crippen MR) is 290 cm³/mol. The molecule has 15 rings (SSSR count). The molecule has 334 valence electrons. The van der Waals surface area contributed by atoms with Gasteiger partial charge in [-0.15, -0.1) is 0 Å². The number of fused-ring (bicyclic) bond motifs is 15. The van der Waals surface area contributed by atoms with Crippen LogP contribution in [-0.4, -0.2) is 18.3 Å². The number of nitriles is 4. The van der Waals surface area contributed by atoms with Crippen molar-refractivity contribution in [2.75, 3.05) is 0 Å². The summed E-state index contributed by atoms with van der Waals surface area (Å²) in [6, 6.07) is 74.9. The fourth-order valence-corrected chi connectivity index (χ4v) is 11.7. The average molecular weight is 929 g/mol. The van der Waals surface area contributed by atoms with Gasteiger partial charge in [-0.1, -0.05) is 72.8 Å². The lowest BCUT2D eigenvalue weighted by Crippen LogP contribution is -2.00. The summed E-state index contributed by atoms with van der Waals surface area (Å²) in [6.07, 6.45) is 0. The zero-order valence-corrected chi connectivity index (χ0v) is 38.5. The van der Waals surface area contributed by atoms with Gasteiger partial charge in [0.15, 0.2) is 11.2 Å². The summed E-state index contributed by atoms with van der Waals surface area (Å²) >= 11 is 0. The van der Waals surface area contributed by atoms with Gasteiger partial charge in [-0.05, 0) is 121 Å². The van der Waals surface area contributed by atoms with Gasteiger partial charge in [0, 0.05) is 65.2 Å². The van der Waals surface area contributed by atoms with Gasteiger partial charge >= 0.3 is 0 Å². The van der Waals surface area contributed by atoms with Crippen LogP contribution in [0.3, 0.4) is 0 Å². The van der Waals surface area contributed by atoms with E-state index in [0.717, 1.165) is 121 Å². The second-order valence-corrected chi connectivity index (χ2v) is 18.6. The Labute approximate surface area is 414 Å². The van der Waals surface area contributed by atoms with Crippen molar-refractivity contribution in [3.8, 4) is 47.0 Å². The van der Waals surface area contributed by atoms with Crippen LogP contribution in [0.15, 0.2) is 199 Å². The molecule has 0 atom stereocenters. The zero-order valence-electron chi connectivity index (χ0n) is 38.5. The van der Waals surface area contributed by atoms with E-state index in [-0.39, 0.29) is 0 Å². The van der Waals surface area contributed by atoms with E-state index in [4.69, 9.17) is 4.42 Å². The Morgan fingerprint density at radius 1 is 0.260 bits per heavy atom. The fourth-order valence-electron chi connectivity index (χ4n) is 11.7. The van der Waals surface area contributed by atoms with Gasteiger partial charge in [-0.3, -0.25) is 0 Å². The quantitative estimate of drug-likeness (QED) is 0.174. The van der Waals surface area contributed by atoms with Crippen molar-refractivity contribution < 1.29 is 4.42 Å². The summed E-state index contributed by atoms with van der Waals surface area (Å²) in [6.45, 7) is 0. The van der Waals surface area contributed by atoms with Gasteiger partial charge in [0.1, 0.15) is 0 Å². The number of rotatable bonds is 4. The SMILES string of the molecule is N#Cc1ccc2c(c1)c1ccccc1n2-c1cc(-n2c3ccccc3c3cc(C#N)ccc32)c2oc3c(-n4c5ccccc5c5cc(C#N)ccc54)cc(-n4c5ccccc5c5cc(C#N)ccc54)cc3c2c1. The molecule has 0 aliphatic rings. The standard InChI is InChI=1S/C64H32N8O/c65-33-37-17-21-57-47(25-37)43-9-1-5-13-53(43)69(57)41-29-51-52-30-42(70-54-14-6-2-10-44(54)48-26-38(34-66)18-22-58(48)70)32-62(72-56-16-8-4-12-46(56)50-28-40(36-68)20-24-60(50)72)64(52)73-63(51)61(31-41)71-55-15-7-3-11-45(55)49-27-39(35-67)19-23-59(49)71/h1-32H. The molecule has 0 unspecified atom stereocenters. The third-order valence-electron chi connectivity index (χ3n) is 14.8. The first kappa shape index (κ1) is 40.1. The van der Waals surface area contributed by atoms with E-state index >= 15 is 0 Å². The maximum atomic E-state index is 10.1.